The molecular formula is C47H53F7N2O11S2. The molecule has 0 saturated carbocycles. The van der Waals surface area contributed by atoms with E-state index < -0.39 is 95.4 Å². The number of alkyl halides is 6. The third-order valence-corrected chi connectivity index (χ3v) is 15.0. The minimum atomic E-state index is -4.90. The zero-order valence-electron chi connectivity index (χ0n) is 38.5. The molecule has 2 unspecified atom stereocenters. The van der Waals surface area contributed by atoms with Gasteiger partial charge in [-0.05, 0) is 124 Å². The van der Waals surface area contributed by atoms with Crippen LogP contribution in [0.25, 0.3) is 0 Å². The lowest BCUT2D eigenvalue weighted by Crippen LogP contribution is -2.32. The molecule has 2 aliphatic carbocycles. The fourth-order valence-electron chi connectivity index (χ4n) is 8.13. The van der Waals surface area contributed by atoms with Gasteiger partial charge in [-0.3, -0.25) is 0 Å². The van der Waals surface area contributed by atoms with Gasteiger partial charge in [0, 0.05) is 20.2 Å². The molecule has 4 aromatic carbocycles. The standard InChI is InChI=1S/C25H29F4NO5S.C22H24F3NO6S/c1-24(2,3)35-23(31)15-34-22-11-7-9-19-20(22)8-5-6-10-21(19)30(4)36(32,33)18-13-16(25(27,28)29)12-17(26)14-18;1-26(33(29,30)16-11-14(22(23,24)25)10-15(12-16)31-2)19-8-4-3-6-18-17(19)7-5-9-20(18)32-13-21(27)28/h7,9,11-14,21H,5-6,8,10,15H2,1-4H3;5,7,9-12,19H,3-4,6,8,13H2,1-2H3,(H,27,28). The number of benzene rings is 4. The van der Waals surface area contributed by atoms with Gasteiger partial charge in [0.2, 0.25) is 20.0 Å². The Bertz CT molecular complexity index is 2730. The molecule has 0 heterocycles. The highest BCUT2D eigenvalue weighted by Gasteiger charge is 2.38. The van der Waals surface area contributed by atoms with E-state index in [-0.39, 0.29) is 18.4 Å². The highest BCUT2D eigenvalue weighted by Crippen LogP contribution is 2.42. The summed E-state index contributed by atoms with van der Waals surface area (Å²) in [5.41, 5.74) is -0.522. The number of carbonyl (C=O) groups is 2. The molecule has 2 aliphatic rings. The lowest BCUT2D eigenvalue weighted by atomic mass is 9.98. The summed E-state index contributed by atoms with van der Waals surface area (Å²) >= 11 is 0. The van der Waals surface area contributed by atoms with Crippen molar-refractivity contribution >= 4 is 32.0 Å². The van der Waals surface area contributed by atoms with E-state index in [1.165, 1.54) is 14.1 Å². The van der Waals surface area contributed by atoms with Crippen LogP contribution in [0.5, 0.6) is 17.2 Å². The number of carboxylic acid groups (broad SMARTS) is 1. The summed E-state index contributed by atoms with van der Waals surface area (Å²) in [4.78, 5) is 21.7. The van der Waals surface area contributed by atoms with E-state index in [1.807, 2.05) is 0 Å². The summed E-state index contributed by atoms with van der Waals surface area (Å²) in [6, 6.07) is 12.3. The Morgan fingerprint density at radius 1 is 0.667 bits per heavy atom. The number of esters is 1. The molecule has 4 aromatic rings. The average Bonchev–Trinajstić information content (AvgIpc) is 3.63. The molecule has 2 atom stereocenters. The van der Waals surface area contributed by atoms with Crippen molar-refractivity contribution in [3.8, 4) is 17.2 Å². The minimum Gasteiger partial charge on any atom is -0.497 e. The molecule has 1 N–H and O–H groups in total. The Morgan fingerprint density at radius 3 is 1.55 bits per heavy atom. The minimum absolute atomic E-state index is 0.220. The summed E-state index contributed by atoms with van der Waals surface area (Å²) in [5.74, 6) is -2.46. The Labute approximate surface area is 396 Å². The summed E-state index contributed by atoms with van der Waals surface area (Å²) in [6.45, 7) is 4.32. The third kappa shape index (κ3) is 13.7. The highest BCUT2D eigenvalue weighted by molar-refractivity contribution is 7.89. The van der Waals surface area contributed by atoms with E-state index in [1.54, 1.807) is 57.2 Å². The van der Waals surface area contributed by atoms with Crippen LogP contribution in [-0.2, 0) is 59.6 Å². The van der Waals surface area contributed by atoms with Crippen LogP contribution in [0.2, 0.25) is 0 Å². The van der Waals surface area contributed by atoms with Crippen LogP contribution in [-0.4, -0.2) is 82.5 Å². The smallest absolute Gasteiger partial charge is 0.416 e. The number of sulfonamides is 2. The van der Waals surface area contributed by atoms with Gasteiger partial charge in [-0.2, -0.15) is 35.0 Å². The highest BCUT2D eigenvalue weighted by atomic mass is 32.2. The Hall–Kier alpha value is -5.45. The summed E-state index contributed by atoms with van der Waals surface area (Å²) in [7, 11) is -5.06. The van der Waals surface area contributed by atoms with Crippen molar-refractivity contribution in [3.63, 3.8) is 0 Å². The van der Waals surface area contributed by atoms with Gasteiger partial charge >= 0.3 is 24.3 Å². The third-order valence-electron chi connectivity index (χ3n) is 11.4. The number of nitrogens with zero attached hydrogens (tertiary/aromatic N) is 2. The van der Waals surface area contributed by atoms with Crippen LogP contribution in [0, 0.1) is 5.82 Å². The van der Waals surface area contributed by atoms with Gasteiger partial charge in [-0.25, -0.2) is 30.8 Å². The molecule has 22 heteroatoms. The van der Waals surface area contributed by atoms with Gasteiger partial charge in [0.1, 0.15) is 28.7 Å². The number of methoxy groups -OCH3 is 1. The van der Waals surface area contributed by atoms with Gasteiger partial charge in [-0.1, -0.05) is 37.1 Å². The first kappa shape index (κ1) is 54.5. The monoisotopic (exact) mass is 1020 g/mol. The molecule has 0 fully saturated rings. The van der Waals surface area contributed by atoms with Crippen molar-refractivity contribution in [2.24, 2.45) is 0 Å². The number of carbonyl (C=O) groups excluding carboxylic acids is 1. The van der Waals surface area contributed by atoms with Gasteiger partial charge in [0.25, 0.3) is 0 Å². The van der Waals surface area contributed by atoms with E-state index in [4.69, 9.17) is 24.1 Å². The molecule has 378 valence electrons. The maximum absolute atomic E-state index is 14.0. The Kier molecular flexibility index (Phi) is 17.1. The second kappa shape index (κ2) is 21.7. The zero-order chi connectivity index (χ0) is 51.3. The Balaban J connectivity index is 0.000000258. The predicted molar refractivity (Wildman–Crippen MR) is 237 cm³/mol. The summed E-state index contributed by atoms with van der Waals surface area (Å²) in [5, 5.41) is 8.93. The van der Waals surface area contributed by atoms with Crippen LogP contribution in [0.15, 0.2) is 82.6 Å². The number of halogens is 7. The number of hydrogen-bond donors (Lipinski definition) is 1. The molecule has 0 bridgehead atoms. The van der Waals surface area contributed by atoms with Crippen LogP contribution < -0.4 is 14.2 Å². The van der Waals surface area contributed by atoms with E-state index in [9.17, 15) is 57.2 Å². The van der Waals surface area contributed by atoms with Crippen molar-refractivity contribution in [2.45, 2.75) is 112 Å². The fraction of sp³-hybridized carbons (Fsp3) is 0.447. The maximum Gasteiger partial charge on any atom is 0.416 e. The maximum atomic E-state index is 14.0. The van der Waals surface area contributed by atoms with Gasteiger partial charge in [0.05, 0.1) is 40.1 Å². The van der Waals surface area contributed by atoms with Crippen molar-refractivity contribution in [1.82, 2.24) is 8.61 Å². The van der Waals surface area contributed by atoms with Crippen molar-refractivity contribution < 1.29 is 81.2 Å². The SMILES string of the molecule is CN(C1CCCCc2c(OCC(=O)OC(C)(C)C)cccc21)S(=O)(=O)c1cc(F)cc(C(F)(F)F)c1.COc1cc(C(F)(F)F)cc(S(=O)(=O)N(C)C2CCCCc3c(OCC(=O)O)cccc32)c1. The summed E-state index contributed by atoms with van der Waals surface area (Å²) in [6.07, 6.45) is -4.94. The number of fused-ring (bicyclic) bond motifs is 2. The second-order valence-electron chi connectivity index (χ2n) is 17.3. The number of aliphatic carboxylic acids is 1. The van der Waals surface area contributed by atoms with Crippen molar-refractivity contribution in [3.05, 3.63) is 112 Å². The van der Waals surface area contributed by atoms with Crippen molar-refractivity contribution in [1.29, 1.82) is 0 Å². The van der Waals surface area contributed by atoms with Crippen LogP contribution in [0.3, 0.4) is 0 Å². The molecule has 69 heavy (non-hydrogen) atoms. The van der Waals surface area contributed by atoms with Gasteiger partial charge in [0.15, 0.2) is 13.2 Å². The van der Waals surface area contributed by atoms with Crippen LogP contribution in [0.1, 0.15) is 105 Å². The molecule has 13 nitrogen and oxygen atoms in total. The van der Waals surface area contributed by atoms with Crippen LogP contribution in [0.4, 0.5) is 30.7 Å². The lowest BCUT2D eigenvalue weighted by molar-refractivity contribution is -0.157. The first-order valence-electron chi connectivity index (χ1n) is 21.6. The number of rotatable bonds is 13. The molecule has 6 rings (SSSR count). The number of hydrogen-bond acceptors (Lipinski definition) is 10. The number of ether oxygens (including phenoxy) is 4. The number of carboxylic acids is 1. The average molecular weight is 1020 g/mol. The zero-order valence-corrected chi connectivity index (χ0v) is 40.2. The molecule has 0 spiro atoms. The van der Waals surface area contributed by atoms with Crippen molar-refractivity contribution in [2.75, 3.05) is 34.4 Å². The molecular weight excluding hydrogens is 966 g/mol. The first-order chi connectivity index (χ1) is 32.0. The lowest BCUT2D eigenvalue weighted by Gasteiger charge is -2.29. The summed E-state index contributed by atoms with van der Waals surface area (Å²) < 4.78 is 170. The molecule has 0 saturated heterocycles. The van der Waals surface area contributed by atoms with Crippen LogP contribution >= 0.6 is 0 Å². The normalized spacial score (nSPS) is 16.8. The largest absolute Gasteiger partial charge is 0.497 e. The van der Waals surface area contributed by atoms with E-state index >= 15 is 0 Å². The Morgan fingerprint density at radius 2 is 1.12 bits per heavy atom. The van der Waals surface area contributed by atoms with Gasteiger partial charge in [-0.15, -0.1) is 0 Å². The second-order valence-corrected chi connectivity index (χ2v) is 21.3. The fourth-order valence-corrected chi connectivity index (χ4v) is 11.0. The van der Waals surface area contributed by atoms with E-state index in [0.717, 1.165) is 34.3 Å². The quantitative estimate of drug-likeness (QED) is 0.0770. The molecule has 0 aromatic heterocycles. The molecule has 0 radical (unpaired) electrons. The molecule has 0 aliphatic heterocycles. The first-order valence-corrected chi connectivity index (χ1v) is 24.5. The topological polar surface area (TPSA) is 166 Å². The van der Waals surface area contributed by atoms with E-state index in [2.05, 4.69) is 0 Å². The molecule has 0 amide bonds. The van der Waals surface area contributed by atoms with E-state index in [0.29, 0.717) is 96.9 Å². The predicted octanol–water partition coefficient (Wildman–Crippen LogP) is 9.92. The van der Waals surface area contributed by atoms with Gasteiger partial charge < -0.3 is 24.1 Å².